The molecule has 2 N–H and O–H groups in total. The lowest BCUT2D eigenvalue weighted by atomic mass is 10.2. The number of hydrogen-bond acceptors (Lipinski definition) is 5. The molecule has 0 radical (unpaired) electrons. The summed E-state index contributed by atoms with van der Waals surface area (Å²) in [6.07, 6.45) is 2.25. The van der Waals surface area contributed by atoms with Crippen molar-refractivity contribution < 1.29 is 9.53 Å². The number of imidazole rings is 1. The molecule has 1 aliphatic rings. The number of aromatic nitrogens is 2. The maximum Gasteiger partial charge on any atom is 0.234 e. The predicted octanol–water partition coefficient (Wildman–Crippen LogP) is 5.41. The first-order chi connectivity index (χ1) is 14.7. The molecule has 1 amide bonds. The van der Waals surface area contributed by atoms with Crippen LogP contribution in [-0.2, 0) is 15.3 Å². The third kappa shape index (κ3) is 5.80. The number of thioether (sulfide) groups is 2. The Kier molecular flexibility index (Phi) is 7.36. The number of anilines is 1. The largest absolute Gasteiger partial charge is 0.381 e. The number of carbonyl (C=O) groups is 1. The molecule has 7 heteroatoms. The molecule has 0 bridgehead atoms. The minimum absolute atomic E-state index is 0.0113. The van der Waals surface area contributed by atoms with Gasteiger partial charge in [-0.2, -0.15) is 11.8 Å². The minimum Gasteiger partial charge on any atom is -0.381 e. The van der Waals surface area contributed by atoms with Crippen LogP contribution in [0.5, 0.6) is 0 Å². The van der Waals surface area contributed by atoms with E-state index in [4.69, 9.17) is 4.74 Å². The topological polar surface area (TPSA) is 67.0 Å². The van der Waals surface area contributed by atoms with E-state index in [1.54, 1.807) is 11.8 Å². The number of amides is 1. The summed E-state index contributed by atoms with van der Waals surface area (Å²) < 4.78 is 5.43. The normalized spacial score (nSPS) is 15.9. The number of nitrogens with one attached hydrogen (secondary N) is 2. The van der Waals surface area contributed by atoms with Crippen LogP contribution in [0.2, 0.25) is 0 Å². The molecule has 0 aliphatic carbocycles. The Morgan fingerprint density at radius 3 is 2.90 bits per heavy atom. The van der Waals surface area contributed by atoms with E-state index in [9.17, 15) is 4.79 Å². The number of fused-ring (bicyclic) bond motifs is 1. The second kappa shape index (κ2) is 10.4. The van der Waals surface area contributed by atoms with Gasteiger partial charge in [-0.15, -0.1) is 11.8 Å². The van der Waals surface area contributed by atoms with Gasteiger partial charge in [-0.1, -0.05) is 24.3 Å². The standard InChI is InChI=1S/C23H27N3O2S2/c1-16(23-25-20-7-2-3-8-21(20)26-23)29-15-22(27)24-18-6-4-5-17(13-18)14-30-19-9-11-28-12-10-19/h2-8,13,16,19H,9-12,14-15H2,1H3,(H,24,27)(H,25,26). The Bertz CT molecular complexity index is 952. The number of benzene rings is 2. The number of nitrogens with zero attached hydrogens (tertiary/aromatic N) is 1. The van der Waals surface area contributed by atoms with Gasteiger partial charge in [-0.3, -0.25) is 4.79 Å². The van der Waals surface area contributed by atoms with E-state index in [0.29, 0.717) is 11.0 Å². The molecular formula is C23H27N3O2S2. The molecule has 0 saturated carbocycles. The van der Waals surface area contributed by atoms with Crippen molar-refractivity contribution in [1.29, 1.82) is 0 Å². The smallest absolute Gasteiger partial charge is 0.234 e. The number of hydrogen-bond donors (Lipinski definition) is 2. The summed E-state index contributed by atoms with van der Waals surface area (Å²) in [5, 5.41) is 3.82. The van der Waals surface area contributed by atoms with Gasteiger partial charge in [0.2, 0.25) is 5.91 Å². The number of rotatable bonds is 8. The summed E-state index contributed by atoms with van der Waals surface area (Å²) in [7, 11) is 0. The zero-order valence-electron chi connectivity index (χ0n) is 17.1. The Labute approximate surface area is 185 Å². The van der Waals surface area contributed by atoms with E-state index in [0.717, 1.165) is 54.4 Å². The van der Waals surface area contributed by atoms with Gasteiger partial charge in [-0.25, -0.2) is 4.98 Å². The summed E-state index contributed by atoms with van der Waals surface area (Å²) in [5.41, 5.74) is 4.09. The molecule has 2 aromatic carbocycles. The lowest BCUT2D eigenvalue weighted by Gasteiger charge is -2.21. The van der Waals surface area contributed by atoms with Crippen LogP contribution < -0.4 is 5.32 Å². The third-order valence-electron chi connectivity index (χ3n) is 5.12. The van der Waals surface area contributed by atoms with Crippen molar-refractivity contribution in [3.05, 3.63) is 59.9 Å². The molecule has 4 rings (SSSR count). The highest BCUT2D eigenvalue weighted by molar-refractivity contribution is 8.00. The number of H-pyrrole nitrogens is 1. The summed E-state index contributed by atoms with van der Waals surface area (Å²) in [4.78, 5) is 20.4. The zero-order valence-corrected chi connectivity index (χ0v) is 18.7. The first-order valence-electron chi connectivity index (χ1n) is 10.3. The summed E-state index contributed by atoms with van der Waals surface area (Å²) in [6, 6.07) is 16.2. The van der Waals surface area contributed by atoms with Gasteiger partial charge >= 0.3 is 0 Å². The highest BCUT2D eigenvalue weighted by Gasteiger charge is 2.15. The highest BCUT2D eigenvalue weighted by atomic mass is 32.2. The van der Waals surface area contributed by atoms with Crippen LogP contribution in [0.25, 0.3) is 11.0 Å². The van der Waals surface area contributed by atoms with Gasteiger partial charge in [0.05, 0.1) is 22.0 Å². The Morgan fingerprint density at radius 1 is 1.23 bits per heavy atom. The van der Waals surface area contributed by atoms with E-state index >= 15 is 0 Å². The fourth-order valence-electron chi connectivity index (χ4n) is 3.44. The van der Waals surface area contributed by atoms with Crippen LogP contribution in [0.15, 0.2) is 48.5 Å². The van der Waals surface area contributed by atoms with E-state index < -0.39 is 0 Å². The van der Waals surface area contributed by atoms with Crippen molar-refractivity contribution in [1.82, 2.24) is 9.97 Å². The fraction of sp³-hybridized carbons (Fsp3) is 0.391. The molecule has 1 aromatic heterocycles. The molecule has 2 heterocycles. The second-order valence-electron chi connectivity index (χ2n) is 7.46. The average Bonchev–Trinajstić information content (AvgIpc) is 3.21. The molecule has 1 fully saturated rings. The molecule has 5 nitrogen and oxygen atoms in total. The molecule has 3 aromatic rings. The minimum atomic E-state index is 0.0113. The van der Waals surface area contributed by atoms with Crippen molar-refractivity contribution in [3.63, 3.8) is 0 Å². The highest BCUT2D eigenvalue weighted by Crippen LogP contribution is 2.28. The average molecular weight is 442 g/mol. The van der Waals surface area contributed by atoms with Crippen LogP contribution >= 0.6 is 23.5 Å². The van der Waals surface area contributed by atoms with Crippen LogP contribution in [0.4, 0.5) is 5.69 Å². The van der Waals surface area contributed by atoms with Gasteiger partial charge < -0.3 is 15.0 Å². The molecule has 1 atom stereocenters. The Hall–Kier alpha value is -1.96. The molecular weight excluding hydrogens is 414 g/mol. The van der Waals surface area contributed by atoms with Gasteiger partial charge in [0, 0.05) is 29.9 Å². The molecule has 1 saturated heterocycles. The maximum atomic E-state index is 12.5. The summed E-state index contributed by atoms with van der Waals surface area (Å²) in [6.45, 7) is 3.82. The van der Waals surface area contributed by atoms with Crippen LogP contribution in [0.3, 0.4) is 0 Å². The summed E-state index contributed by atoms with van der Waals surface area (Å²) >= 11 is 3.57. The van der Waals surface area contributed by atoms with Gasteiger partial charge in [0.1, 0.15) is 5.82 Å². The van der Waals surface area contributed by atoms with Crippen LogP contribution in [-0.4, -0.2) is 40.1 Å². The van der Waals surface area contributed by atoms with Crippen molar-refractivity contribution in [2.45, 2.75) is 36.0 Å². The monoisotopic (exact) mass is 441 g/mol. The van der Waals surface area contributed by atoms with Crippen LogP contribution in [0.1, 0.15) is 36.4 Å². The Morgan fingerprint density at radius 2 is 2.07 bits per heavy atom. The van der Waals surface area contributed by atoms with Crippen molar-refractivity contribution in [2.24, 2.45) is 0 Å². The van der Waals surface area contributed by atoms with Gasteiger partial charge in [0.15, 0.2) is 0 Å². The van der Waals surface area contributed by atoms with Crippen molar-refractivity contribution in [3.8, 4) is 0 Å². The van der Waals surface area contributed by atoms with Crippen molar-refractivity contribution >= 4 is 46.2 Å². The lowest BCUT2D eigenvalue weighted by Crippen LogP contribution is -2.17. The third-order valence-corrected chi connectivity index (χ3v) is 7.72. The number of ether oxygens (including phenoxy) is 1. The molecule has 158 valence electrons. The first-order valence-corrected chi connectivity index (χ1v) is 12.4. The molecule has 30 heavy (non-hydrogen) atoms. The van der Waals surface area contributed by atoms with Crippen LogP contribution in [0, 0.1) is 0 Å². The quantitative estimate of drug-likeness (QED) is 0.489. The molecule has 1 unspecified atom stereocenters. The van der Waals surface area contributed by atoms with E-state index in [2.05, 4.69) is 34.3 Å². The second-order valence-corrected chi connectivity index (χ2v) is 10.1. The lowest BCUT2D eigenvalue weighted by molar-refractivity contribution is -0.113. The van der Waals surface area contributed by atoms with Gasteiger partial charge in [0.25, 0.3) is 0 Å². The summed E-state index contributed by atoms with van der Waals surface area (Å²) in [5.74, 6) is 2.27. The predicted molar refractivity (Wildman–Crippen MR) is 127 cm³/mol. The van der Waals surface area contributed by atoms with Gasteiger partial charge in [-0.05, 0) is 49.6 Å². The molecule has 1 aliphatic heterocycles. The van der Waals surface area contributed by atoms with E-state index in [-0.39, 0.29) is 11.2 Å². The molecule has 0 spiro atoms. The number of aromatic amines is 1. The maximum absolute atomic E-state index is 12.5. The number of para-hydroxylation sites is 2. The fourth-order valence-corrected chi connectivity index (χ4v) is 5.31. The number of carbonyl (C=O) groups excluding carboxylic acids is 1. The van der Waals surface area contributed by atoms with Crippen molar-refractivity contribution in [2.75, 3.05) is 24.3 Å². The van der Waals surface area contributed by atoms with E-state index in [1.165, 1.54) is 5.56 Å². The van der Waals surface area contributed by atoms with E-state index in [1.807, 2.05) is 48.2 Å². The Balaban J connectivity index is 1.26. The SMILES string of the molecule is CC(SCC(=O)Nc1cccc(CSC2CCOCC2)c1)c1nc2ccccc2[nH]1. The zero-order chi connectivity index (χ0) is 20.8. The first kappa shape index (κ1) is 21.3.